The van der Waals surface area contributed by atoms with Crippen molar-refractivity contribution in [2.75, 3.05) is 23.8 Å². The van der Waals surface area contributed by atoms with Crippen molar-refractivity contribution >= 4 is 11.6 Å². The molecule has 5 nitrogen and oxygen atoms in total. The quantitative estimate of drug-likeness (QED) is 0.688. The van der Waals surface area contributed by atoms with E-state index in [1.165, 1.54) is 0 Å². The van der Waals surface area contributed by atoms with E-state index in [4.69, 9.17) is 0 Å². The minimum Gasteiger partial charge on any atom is -0.394 e. The maximum atomic E-state index is 9.39. The monoisotopic (exact) mass is 250 g/mol. The molecule has 2 rings (SSSR count). The van der Waals surface area contributed by atoms with Crippen LogP contribution in [-0.4, -0.2) is 33.8 Å². The van der Waals surface area contributed by atoms with E-state index in [0.717, 1.165) is 49.4 Å². The molecule has 0 amide bonds. The number of hydrogen-bond acceptors (Lipinski definition) is 5. The lowest BCUT2D eigenvalue weighted by atomic mass is 10.1. The molecule has 1 heterocycles. The van der Waals surface area contributed by atoms with Gasteiger partial charge in [-0.25, -0.2) is 9.97 Å². The van der Waals surface area contributed by atoms with E-state index >= 15 is 0 Å². The summed E-state index contributed by atoms with van der Waals surface area (Å²) < 4.78 is 0. The Kier molecular flexibility index (Phi) is 4.01. The fourth-order valence-electron chi connectivity index (χ4n) is 2.05. The van der Waals surface area contributed by atoms with Crippen LogP contribution in [0, 0.1) is 0 Å². The Hall–Kier alpha value is -1.36. The molecule has 0 radical (unpaired) electrons. The lowest BCUT2D eigenvalue weighted by Gasteiger charge is -2.19. The van der Waals surface area contributed by atoms with E-state index in [2.05, 4.69) is 34.4 Å². The molecule has 1 aliphatic carbocycles. The van der Waals surface area contributed by atoms with Gasteiger partial charge in [0.2, 0.25) is 0 Å². The second kappa shape index (κ2) is 5.52. The zero-order valence-corrected chi connectivity index (χ0v) is 11.2. The molecule has 1 fully saturated rings. The van der Waals surface area contributed by atoms with E-state index in [9.17, 15) is 5.11 Å². The highest BCUT2D eigenvalue weighted by molar-refractivity contribution is 5.59. The zero-order valence-electron chi connectivity index (χ0n) is 11.2. The summed E-state index contributed by atoms with van der Waals surface area (Å²) in [5, 5.41) is 16.1. The summed E-state index contributed by atoms with van der Waals surface area (Å²) in [5.41, 5.74) is 0.988. The van der Waals surface area contributed by atoms with Crippen LogP contribution < -0.4 is 10.6 Å². The van der Waals surface area contributed by atoms with Crippen LogP contribution >= 0.6 is 0 Å². The smallest absolute Gasteiger partial charge is 0.135 e. The highest BCUT2D eigenvalue weighted by atomic mass is 16.3. The molecule has 0 saturated heterocycles. The number of hydrogen-bond donors (Lipinski definition) is 3. The second-order valence-electron chi connectivity index (χ2n) is 4.89. The number of aliphatic hydroxyl groups excluding tert-OH is 1. The molecule has 1 aromatic heterocycles. The van der Waals surface area contributed by atoms with Crippen molar-refractivity contribution in [3.8, 4) is 0 Å². The summed E-state index contributed by atoms with van der Waals surface area (Å²) >= 11 is 0. The van der Waals surface area contributed by atoms with Gasteiger partial charge in [0.05, 0.1) is 12.1 Å². The SMILES string of the molecule is CCCc1c(NCC)ncnc1NC1(CO)CC1. The molecule has 5 heteroatoms. The normalized spacial score (nSPS) is 16.4. The second-order valence-corrected chi connectivity index (χ2v) is 4.89. The third kappa shape index (κ3) is 2.72. The number of anilines is 2. The Balaban J connectivity index is 2.24. The Labute approximate surface area is 108 Å². The van der Waals surface area contributed by atoms with Crippen molar-refractivity contribution < 1.29 is 5.11 Å². The first-order valence-corrected chi connectivity index (χ1v) is 6.71. The van der Waals surface area contributed by atoms with Gasteiger partial charge in [-0.2, -0.15) is 0 Å². The molecule has 3 N–H and O–H groups in total. The summed E-state index contributed by atoms with van der Waals surface area (Å²) in [6.07, 6.45) is 5.58. The number of aromatic nitrogens is 2. The van der Waals surface area contributed by atoms with E-state index in [1.807, 2.05) is 0 Å². The first-order valence-electron chi connectivity index (χ1n) is 6.71. The first kappa shape index (κ1) is 13.1. The molecule has 18 heavy (non-hydrogen) atoms. The molecular formula is C13H22N4O. The van der Waals surface area contributed by atoms with Gasteiger partial charge in [0.25, 0.3) is 0 Å². The lowest BCUT2D eigenvalue weighted by Crippen LogP contribution is -2.27. The van der Waals surface area contributed by atoms with Crippen LogP contribution in [0.5, 0.6) is 0 Å². The lowest BCUT2D eigenvalue weighted by molar-refractivity contribution is 0.266. The summed E-state index contributed by atoms with van der Waals surface area (Å²) in [5.74, 6) is 1.78. The van der Waals surface area contributed by atoms with Gasteiger partial charge in [0.1, 0.15) is 18.0 Å². The minimum absolute atomic E-state index is 0.139. The van der Waals surface area contributed by atoms with E-state index < -0.39 is 0 Å². The topological polar surface area (TPSA) is 70.1 Å². The van der Waals surface area contributed by atoms with Gasteiger partial charge in [-0.3, -0.25) is 0 Å². The maximum absolute atomic E-state index is 9.39. The summed E-state index contributed by atoms with van der Waals surface area (Å²) in [4.78, 5) is 8.64. The molecule has 0 atom stereocenters. The van der Waals surface area contributed by atoms with Gasteiger partial charge < -0.3 is 15.7 Å². The molecule has 0 bridgehead atoms. The highest BCUT2D eigenvalue weighted by Crippen LogP contribution is 2.39. The molecule has 0 aromatic carbocycles. The van der Waals surface area contributed by atoms with Crippen LogP contribution in [0.2, 0.25) is 0 Å². The van der Waals surface area contributed by atoms with Gasteiger partial charge in [-0.15, -0.1) is 0 Å². The average Bonchev–Trinajstić information content (AvgIpc) is 3.14. The van der Waals surface area contributed by atoms with Crippen molar-refractivity contribution in [2.24, 2.45) is 0 Å². The van der Waals surface area contributed by atoms with Gasteiger partial charge in [0.15, 0.2) is 0 Å². The Bertz CT molecular complexity index is 404. The predicted octanol–water partition coefficient (Wildman–Crippen LogP) is 1.80. The Morgan fingerprint density at radius 2 is 2.00 bits per heavy atom. The average molecular weight is 250 g/mol. The van der Waals surface area contributed by atoms with Crippen molar-refractivity contribution in [1.82, 2.24) is 9.97 Å². The largest absolute Gasteiger partial charge is 0.394 e. The van der Waals surface area contributed by atoms with Crippen LogP contribution in [0.4, 0.5) is 11.6 Å². The molecule has 100 valence electrons. The van der Waals surface area contributed by atoms with Gasteiger partial charge >= 0.3 is 0 Å². The molecule has 0 unspecified atom stereocenters. The zero-order chi connectivity index (χ0) is 13.0. The molecule has 1 saturated carbocycles. The fraction of sp³-hybridized carbons (Fsp3) is 0.692. The molecule has 1 aliphatic rings. The van der Waals surface area contributed by atoms with E-state index in [-0.39, 0.29) is 12.1 Å². The van der Waals surface area contributed by atoms with Crippen LogP contribution in [0.15, 0.2) is 6.33 Å². The van der Waals surface area contributed by atoms with Crippen LogP contribution in [0.1, 0.15) is 38.7 Å². The molecular weight excluding hydrogens is 228 g/mol. The van der Waals surface area contributed by atoms with Crippen LogP contribution in [-0.2, 0) is 6.42 Å². The van der Waals surface area contributed by atoms with Crippen molar-refractivity contribution in [2.45, 2.75) is 45.1 Å². The predicted molar refractivity (Wildman–Crippen MR) is 72.9 cm³/mol. The maximum Gasteiger partial charge on any atom is 0.135 e. The standard InChI is InChI=1S/C13H22N4O/c1-3-5-10-11(14-4-2)15-9-16-12(10)17-13(8-18)6-7-13/h9,18H,3-8H2,1-2H3,(H2,14,15,16,17). The number of nitrogens with one attached hydrogen (secondary N) is 2. The summed E-state index contributed by atoms with van der Waals surface area (Å²) in [6, 6.07) is 0. The summed E-state index contributed by atoms with van der Waals surface area (Å²) in [6.45, 7) is 5.21. The summed E-state index contributed by atoms with van der Waals surface area (Å²) in [7, 11) is 0. The Morgan fingerprint density at radius 3 is 2.56 bits per heavy atom. The van der Waals surface area contributed by atoms with Crippen LogP contribution in [0.25, 0.3) is 0 Å². The van der Waals surface area contributed by atoms with E-state index in [1.54, 1.807) is 6.33 Å². The first-order chi connectivity index (χ1) is 8.74. The van der Waals surface area contributed by atoms with Gasteiger partial charge in [0, 0.05) is 12.1 Å². The van der Waals surface area contributed by atoms with Gasteiger partial charge in [-0.1, -0.05) is 13.3 Å². The van der Waals surface area contributed by atoms with Crippen molar-refractivity contribution in [1.29, 1.82) is 0 Å². The third-order valence-corrected chi connectivity index (χ3v) is 3.33. The highest BCUT2D eigenvalue weighted by Gasteiger charge is 2.42. The number of aliphatic hydroxyl groups is 1. The molecule has 0 aliphatic heterocycles. The van der Waals surface area contributed by atoms with Crippen molar-refractivity contribution in [3.63, 3.8) is 0 Å². The Morgan fingerprint density at radius 1 is 1.28 bits per heavy atom. The minimum atomic E-state index is -0.139. The molecule has 1 aromatic rings. The van der Waals surface area contributed by atoms with Gasteiger partial charge in [-0.05, 0) is 26.2 Å². The number of rotatable bonds is 7. The third-order valence-electron chi connectivity index (χ3n) is 3.33. The fourth-order valence-corrected chi connectivity index (χ4v) is 2.05. The van der Waals surface area contributed by atoms with Crippen LogP contribution in [0.3, 0.4) is 0 Å². The molecule has 0 spiro atoms. The van der Waals surface area contributed by atoms with E-state index in [0.29, 0.717) is 0 Å². The van der Waals surface area contributed by atoms with Crippen molar-refractivity contribution in [3.05, 3.63) is 11.9 Å². The number of nitrogens with zero attached hydrogens (tertiary/aromatic N) is 2.